The highest BCUT2D eigenvalue weighted by Gasteiger charge is 2.35. The van der Waals surface area contributed by atoms with Crippen molar-refractivity contribution in [3.8, 4) is 5.75 Å². The summed E-state index contributed by atoms with van der Waals surface area (Å²) in [6, 6.07) is 4.59. The third-order valence-corrected chi connectivity index (χ3v) is 7.63. The molecule has 190 valence electrons. The molecule has 0 aromatic carbocycles. The molecule has 10 nitrogen and oxygen atoms in total. The van der Waals surface area contributed by atoms with Crippen molar-refractivity contribution in [3.05, 3.63) is 42.2 Å². The Kier molecular flexibility index (Phi) is 6.14. The van der Waals surface area contributed by atoms with Gasteiger partial charge < -0.3 is 29.5 Å². The highest BCUT2D eigenvalue weighted by molar-refractivity contribution is 5.87. The molecule has 2 aromatic rings. The number of piperazine rings is 1. The number of fused-ring (bicyclic) bond motifs is 2. The van der Waals surface area contributed by atoms with Gasteiger partial charge >= 0.3 is 0 Å². The number of morpholine rings is 1. The van der Waals surface area contributed by atoms with Crippen LogP contribution in [0.25, 0.3) is 0 Å². The van der Waals surface area contributed by atoms with E-state index in [4.69, 9.17) is 14.5 Å². The Labute approximate surface area is 211 Å². The van der Waals surface area contributed by atoms with Gasteiger partial charge in [-0.25, -0.2) is 9.97 Å². The van der Waals surface area contributed by atoms with Crippen molar-refractivity contribution in [1.29, 1.82) is 0 Å². The fraction of sp³-hybridized carbons (Fsp3) is 0.500. The van der Waals surface area contributed by atoms with Gasteiger partial charge in [-0.2, -0.15) is 0 Å². The minimum Gasteiger partial charge on any atom is -0.485 e. The number of pyridine rings is 2. The highest BCUT2D eigenvalue weighted by atomic mass is 16.5. The predicted molar refractivity (Wildman–Crippen MR) is 138 cm³/mol. The second-order valence-electron chi connectivity index (χ2n) is 9.74. The van der Waals surface area contributed by atoms with Crippen molar-refractivity contribution in [2.24, 2.45) is 0 Å². The van der Waals surface area contributed by atoms with Crippen LogP contribution in [0.15, 0.2) is 31.0 Å². The number of amides is 1. The molecule has 0 bridgehead atoms. The number of likely N-dealkylation sites (tertiary alicyclic amines) is 1. The summed E-state index contributed by atoms with van der Waals surface area (Å²) in [5, 5.41) is 3.55. The summed E-state index contributed by atoms with van der Waals surface area (Å²) in [7, 11) is 0. The van der Waals surface area contributed by atoms with Gasteiger partial charge in [0.1, 0.15) is 18.2 Å². The first-order chi connectivity index (χ1) is 17.6. The molecule has 0 aliphatic carbocycles. The first-order valence-electron chi connectivity index (χ1n) is 12.7. The lowest BCUT2D eigenvalue weighted by Gasteiger charge is -2.48. The number of carbonyl (C=O) groups is 1. The molecular weight excluding hydrogens is 458 g/mol. The van der Waals surface area contributed by atoms with Crippen molar-refractivity contribution in [1.82, 2.24) is 19.8 Å². The second-order valence-corrected chi connectivity index (χ2v) is 9.74. The number of carbonyl (C=O) groups excluding carboxylic acids is 1. The molecule has 3 saturated heterocycles. The molecule has 3 fully saturated rings. The molecule has 0 radical (unpaired) electrons. The van der Waals surface area contributed by atoms with Crippen LogP contribution in [0.5, 0.6) is 5.75 Å². The first kappa shape index (κ1) is 23.1. The van der Waals surface area contributed by atoms with Gasteiger partial charge in [-0.15, -0.1) is 0 Å². The number of anilines is 4. The largest absolute Gasteiger partial charge is 0.485 e. The molecule has 6 rings (SSSR count). The van der Waals surface area contributed by atoms with Crippen molar-refractivity contribution in [3.63, 3.8) is 0 Å². The maximum atomic E-state index is 11.8. The number of aryl methyl sites for hydroxylation is 1. The zero-order chi connectivity index (χ0) is 24.6. The van der Waals surface area contributed by atoms with Crippen LogP contribution < -0.4 is 19.9 Å². The number of nitrogens with one attached hydrogen (secondary N) is 1. The van der Waals surface area contributed by atoms with Crippen LogP contribution in [0.2, 0.25) is 0 Å². The molecule has 6 heterocycles. The molecule has 0 saturated carbocycles. The first-order valence-corrected chi connectivity index (χ1v) is 12.7. The highest BCUT2D eigenvalue weighted by Crippen LogP contribution is 2.40. The van der Waals surface area contributed by atoms with Crippen molar-refractivity contribution in [2.75, 3.05) is 80.7 Å². The van der Waals surface area contributed by atoms with E-state index in [1.807, 2.05) is 18.0 Å². The average Bonchev–Trinajstić information content (AvgIpc) is 3.08. The summed E-state index contributed by atoms with van der Waals surface area (Å²) in [6.45, 7) is 14.5. The Morgan fingerprint density at radius 3 is 2.67 bits per heavy atom. The van der Waals surface area contributed by atoms with Crippen LogP contribution in [0.1, 0.15) is 11.3 Å². The molecule has 4 aliphatic heterocycles. The Morgan fingerprint density at radius 2 is 1.92 bits per heavy atom. The molecular formula is C26H33N7O3. The SMILES string of the molecule is C=CC(=O)N1CC(N2CCN(c3cc4c(c(C)n3)OCc3c(N5CCOCC5)ccnc3N4)CC2)C1. The molecule has 0 atom stereocenters. The van der Waals surface area contributed by atoms with Gasteiger partial charge in [0.25, 0.3) is 0 Å². The van der Waals surface area contributed by atoms with E-state index in [1.54, 1.807) is 0 Å². The van der Waals surface area contributed by atoms with Gasteiger partial charge in [0.05, 0.1) is 30.2 Å². The van der Waals surface area contributed by atoms with Gasteiger partial charge in [0.15, 0.2) is 5.75 Å². The molecule has 2 aromatic heterocycles. The van der Waals surface area contributed by atoms with Crippen molar-refractivity contribution < 1.29 is 14.3 Å². The number of aromatic nitrogens is 2. The minimum absolute atomic E-state index is 0.0254. The topological polar surface area (TPSA) is 86.3 Å². The minimum atomic E-state index is 0.0254. The van der Waals surface area contributed by atoms with Crippen LogP contribution in [0.3, 0.4) is 0 Å². The summed E-state index contributed by atoms with van der Waals surface area (Å²) in [6.07, 6.45) is 3.26. The van der Waals surface area contributed by atoms with Gasteiger partial charge in [-0.3, -0.25) is 9.69 Å². The molecule has 0 unspecified atom stereocenters. The van der Waals surface area contributed by atoms with Crippen LogP contribution >= 0.6 is 0 Å². The fourth-order valence-electron chi connectivity index (χ4n) is 5.50. The lowest BCUT2D eigenvalue weighted by Crippen LogP contribution is -2.64. The summed E-state index contributed by atoms with van der Waals surface area (Å²) >= 11 is 0. The maximum Gasteiger partial charge on any atom is 0.246 e. The zero-order valence-electron chi connectivity index (χ0n) is 20.8. The Hall–Kier alpha value is -3.37. The molecule has 0 spiro atoms. The van der Waals surface area contributed by atoms with Gasteiger partial charge in [0.2, 0.25) is 5.91 Å². The lowest BCUT2D eigenvalue weighted by atomic mass is 10.1. The third-order valence-electron chi connectivity index (χ3n) is 7.63. The number of hydrogen-bond donors (Lipinski definition) is 1. The second kappa shape index (κ2) is 9.59. The zero-order valence-corrected chi connectivity index (χ0v) is 20.8. The van der Waals surface area contributed by atoms with Crippen molar-refractivity contribution in [2.45, 2.75) is 19.6 Å². The normalized spacial score (nSPS) is 20.4. The van der Waals surface area contributed by atoms with Crippen LogP contribution in [-0.2, 0) is 16.1 Å². The van der Waals surface area contributed by atoms with Gasteiger partial charge in [-0.05, 0) is 19.1 Å². The van der Waals surface area contributed by atoms with Gasteiger partial charge in [0, 0.05) is 76.4 Å². The summed E-state index contributed by atoms with van der Waals surface area (Å²) in [4.78, 5) is 30.3. The van der Waals surface area contributed by atoms with E-state index in [-0.39, 0.29) is 5.91 Å². The van der Waals surface area contributed by atoms with E-state index >= 15 is 0 Å². The van der Waals surface area contributed by atoms with E-state index in [1.165, 1.54) is 6.08 Å². The predicted octanol–water partition coefficient (Wildman–Crippen LogP) is 1.78. The number of hydrogen-bond acceptors (Lipinski definition) is 9. The van der Waals surface area contributed by atoms with E-state index in [2.05, 4.69) is 43.7 Å². The standard InChI is InChI=1S/C26H33N7O3/c1-3-24(34)33-15-19(16-33)30-6-8-32(9-7-30)23-14-21-25(18(2)28-23)36-17-20-22(4-5-27-26(20)29-21)31-10-12-35-13-11-31/h3-5,14,19H,1,6-13,15-17H2,2H3,(H,27,29). The Balaban J connectivity index is 1.16. The third kappa shape index (κ3) is 4.24. The summed E-state index contributed by atoms with van der Waals surface area (Å²) in [5.41, 5.74) is 3.99. The molecule has 4 aliphatic rings. The smallest absolute Gasteiger partial charge is 0.246 e. The van der Waals surface area contributed by atoms with E-state index in [9.17, 15) is 4.79 Å². The van der Waals surface area contributed by atoms with Crippen LogP contribution in [-0.4, -0.2) is 97.3 Å². The van der Waals surface area contributed by atoms with Crippen LogP contribution in [0, 0.1) is 6.92 Å². The number of nitrogens with zero attached hydrogens (tertiary/aromatic N) is 6. The van der Waals surface area contributed by atoms with Gasteiger partial charge in [-0.1, -0.05) is 6.58 Å². The maximum absolute atomic E-state index is 11.8. The van der Waals surface area contributed by atoms with E-state index in [0.29, 0.717) is 12.6 Å². The van der Waals surface area contributed by atoms with E-state index in [0.717, 1.165) is 106 Å². The lowest BCUT2D eigenvalue weighted by molar-refractivity contribution is -0.133. The van der Waals surface area contributed by atoms with Crippen LogP contribution in [0.4, 0.5) is 23.0 Å². The average molecular weight is 492 g/mol. The Bertz CT molecular complexity index is 1150. The molecule has 1 N–H and O–H groups in total. The molecule has 36 heavy (non-hydrogen) atoms. The Morgan fingerprint density at radius 1 is 1.14 bits per heavy atom. The molecule has 1 amide bonds. The number of rotatable bonds is 4. The van der Waals surface area contributed by atoms with E-state index < -0.39 is 0 Å². The summed E-state index contributed by atoms with van der Waals surface area (Å²) in [5.74, 6) is 2.59. The summed E-state index contributed by atoms with van der Waals surface area (Å²) < 4.78 is 11.8. The fourth-order valence-corrected chi connectivity index (χ4v) is 5.50. The quantitative estimate of drug-likeness (QED) is 0.643. The monoisotopic (exact) mass is 491 g/mol. The van der Waals surface area contributed by atoms with Crippen molar-refractivity contribution >= 4 is 28.9 Å². The number of ether oxygens (including phenoxy) is 2. The molecule has 10 heteroatoms.